The number of halogens is 6. The molecule has 16 heavy (non-hydrogen) atoms. The Balaban J connectivity index is 3.51. The molecule has 1 rings (SSSR count). The van der Waals surface area contributed by atoms with Gasteiger partial charge in [0.25, 0.3) is 6.43 Å². The van der Waals surface area contributed by atoms with Gasteiger partial charge in [0.2, 0.25) is 0 Å². The highest BCUT2D eigenvalue weighted by Gasteiger charge is 2.38. The molecule has 0 saturated carbocycles. The van der Waals surface area contributed by atoms with E-state index >= 15 is 0 Å². The van der Waals surface area contributed by atoms with Gasteiger partial charge in [-0.3, -0.25) is 0 Å². The number of hydrogen-bond donors (Lipinski definition) is 1. The Labute approximate surface area is 95.8 Å². The van der Waals surface area contributed by atoms with E-state index in [2.05, 4.69) is 20.9 Å². The van der Waals surface area contributed by atoms with Crippen molar-refractivity contribution in [1.29, 1.82) is 0 Å². The second-order valence-corrected chi connectivity index (χ2v) is 3.45. The van der Waals surface area contributed by atoms with Crippen LogP contribution in [0.4, 0.5) is 27.8 Å². The van der Waals surface area contributed by atoms with Crippen LogP contribution in [0.3, 0.4) is 0 Å². The minimum absolute atomic E-state index is 0.367. The summed E-state index contributed by atoms with van der Waals surface area (Å²) in [6, 6.07) is 0. The van der Waals surface area contributed by atoms with Crippen LogP contribution in [0.25, 0.3) is 0 Å². The molecular weight excluding hydrogens is 299 g/mol. The van der Waals surface area contributed by atoms with Gasteiger partial charge < -0.3 is 5.73 Å². The summed E-state index contributed by atoms with van der Waals surface area (Å²) in [5.41, 5.74) is 2.41. The maximum Gasteiger partial charge on any atom is 0.420 e. The van der Waals surface area contributed by atoms with E-state index < -0.39 is 35.1 Å². The first-order valence-corrected chi connectivity index (χ1v) is 5.09. The van der Waals surface area contributed by atoms with Gasteiger partial charge in [-0.1, -0.05) is 15.9 Å². The Bertz CT molecular complexity index is 391. The summed E-state index contributed by atoms with van der Waals surface area (Å²) in [6.07, 6.45) is -7.17. The summed E-state index contributed by atoms with van der Waals surface area (Å²) < 4.78 is 62.6. The summed E-state index contributed by atoms with van der Waals surface area (Å²) in [7, 11) is 0. The van der Waals surface area contributed by atoms with Crippen molar-refractivity contribution in [2.45, 2.75) is 17.9 Å². The lowest BCUT2D eigenvalue weighted by molar-refractivity contribution is -0.137. The molecule has 0 aliphatic rings. The standard InChI is InChI=1S/C8H6BrF5N2/c9-1-3-4(6(10)11)2-16-7(15)5(3)8(12,13)14/h2,6H,1H2,(H2,15,16). The third-order valence-electron chi connectivity index (χ3n) is 1.90. The van der Waals surface area contributed by atoms with Gasteiger partial charge in [0, 0.05) is 17.1 Å². The van der Waals surface area contributed by atoms with Crippen LogP contribution in [0.5, 0.6) is 0 Å². The molecule has 0 saturated heterocycles. The highest BCUT2D eigenvalue weighted by atomic mass is 79.9. The summed E-state index contributed by atoms with van der Waals surface area (Å²) in [6.45, 7) is 0. The van der Waals surface area contributed by atoms with Gasteiger partial charge in [0.05, 0.1) is 0 Å². The predicted molar refractivity (Wildman–Crippen MR) is 51.2 cm³/mol. The highest BCUT2D eigenvalue weighted by molar-refractivity contribution is 9.08. The van der Waals surface area contributed by atoms with Gasteiger partial charge in [-0.15, -0.1) is 0 Å². The lowest BCUT2D eigenvalue weighted by Gasteiger charge is -2.16. The first-order chi connectivity index (χ1) is 7.29. The fraction of sp³-hybridized carbons (Fsp3) is 0.375. The van der Waals surface area contributed by atoms with E-state index in [1.54, 1.807) is 0 Å². The topological polar surface area (TPSA) is 38.9 Å². The van der Waals surface area contributed by atoms with Gasteiger partial charge in [-0.05, 0) is 5.56 Å². The van der Waals surface area contributed by atoms with E-state index in [0.717, 1.165) is 0 Å². The summed E-state index contributed by atoms with van der Waals surface area (Å²) >= 11 is 2.74. The number of nitrogens with two attached hydrogens (primary N) is 1. The van der Waals surface area contributed by atoms with E-state index in [9.17, 15) is 22.0 Å². The number of hydrogen-bond acceptors (Lipinski definition) is 2. The van der Waals surface area contributed by atoms with Gasteiger partial charge >= 0.3 is 6.18 Å². The molecule has 0 amide bonds. The van der Waals surface area contributed by atoms with Crippen LogP contribution in [0, 0.1) is 0 Å². The van der Waals surface area contributed by atoms with Gasteiger partial charge in [0.15, 0.2) is 0 Å². The van der Waals surface area contributed by atoms with Crippen molar-refractivity contribution in [2.75, 3.05) is 5.73 Å². The molecule has 1 heterocycles. The van der Waals surface area contributed by atoms with E-state index in [1.165, 1.54) is 0 Å². The number of nitrogens with zero attached hydrogens (tertiary/aromatic N) is 1. The fourth-order valence-electron chi connectivity index (χ4n) is 1.23. The van der Waals surface area contributed by atoms with Crippen molar-refractivity contribution in [3.05, 3.63) is 22.9 Å². The number of anilines is 1. The first-order valence-electron chi connectivity index (χ1n) is 3.97. The molecule has 0 aromatic carbocycles. The average molecular weight is 305 g/mol. The van der Waals surface area contributed by atoms with E-state index in [0.29, 0.717) is 6.20 Å². The molecule has 0 spiro atoms. The Morgan fingerprint density at radius 2 is 1.94 bits per heavy atom. The second kappa shape index (κ2) is 4.52. The molecule has 0 atom stereocenters. The lowest BCUT2D eigenvalue weighted by Crippen LogP contribution is -2.15. The Kier molecular flexibility index (Phi) is 3.72. The van der Waals surface area contributed by atoms with Crippen LogP contribution >= 0.6 is 15.9 Å². The van der Waals surface area contributed by atoms with Crippen molar-refractivity contribution in [3.8, 4) is 0 Å². The monoisotopic (exact) mass is 304 g/mol. The largest absolute Gasteiger partial charge is 0.420 e. The second-order valence-electron chi connectivity index (χ2n) is 2.88. The number of pyridine rings is 1. The van der Waals surface area contributed by atoms with Crippen LogP contribution in [-0.4, -0.2) is 4.98 Å². The Hall–Kier alpha value is -0.920. The van der Waals surface area contributed by atoms with Crippen molar-refractivity contribution < 1.29 is 22.0 Å². The number of aromatic nitrogens is 1. The Morgan fingerprint density at radius 1 is 1.38 bits per heavy atom. The summed E-state index contributed by atoms with van der Waals surface area (Å²) in [5, 5.41) is -0.367. The minimum Gasteiger partial charge on any atom is -0.383 e. The van der Waals surface area contributed by atoms with Crippen molar-refractivity contribution in [3.63, 3.8) is 0 Å². The molecule has 0 radical (unpaired) electrons. The maximum absolute atomic E-state index is 12.6. The number of alkyl halides is 6. The van der Waals surface area contributed by atoms with Crippen LogP contribution in [0.1, 0.15) is 23.1 Å². The number of nitrogen functional groups attached to an aromatic ring is 1. The first kappa shape index (κ1) is 13.1. The summed E-state index contributed by atoms with van der Waals surface area (Å²) in [5.74, 6) is -0.800. The SMILES string of the molecule is Nc1ncc(C(F)F)c(CBr)c1C(F)(F)F. The van der Waals surface area contributed by atoms with E-state index in [1.807, 2.05) is 0 Å². The number of rotatable bonds is 2. The van der Waals surface area contributed by atoms with E-state index in [-0.39, 0.29) is 5.33 Å². The zero-order valence-electron chi connectivity index (χ0n) is 7.65. The average Bonchev–Trinajstić information content (AvgIpc) is 2.14. The molecule has 0 fully saturated rings. The van der Waals surface area contributed by atoms with Crippen LogP contribution in [0.2, 0.25) is 0 Å². The van der Waals surface area contributed by atoms with Crippen molar-refractivity contribution >= 4 is 21.7 Å². The van der Waals surface area contributed by atoms with Crippen molar-refractivity contribution in [1.82, 2.24) is 4.98 Å². The summed E-state index contributed by atoms with van der Waals surface area (Å²) in [4.78, 5) is 3.13. The highest BCUT2D eigenvalue weighted by Crippen LogP contribution is 2.39. The van der Waals surface area contributed by atoms with Crippen LogP contribution in [0.15, 0.2) is 6.20 Å². The molecule has 2 nitrogen and oxygen atoms in total. The quantitative estimate of drug-likeness (QED) is 0.671. The van der Waals surface area contributed by atoms with Gasteiger partial charge in [-0.2, -0.15) is 13.2 Å². The van der Waals surface area contributed by atoms with Crippen LogP contribution < -0.4 is 5.73 Å². The Morgan fingerprint density at radius 3 is 2.31 bits per heavy atom. The molecule has 0 aliphatic carbocycles. The van der Waals surface area contributed by atoms with Crippen LogP contribution in [-0.2, 0) is 11.5 Å². The van der Waals surface area contributed by atoms with Crippen molar-refractivity contribution in [2.24, 2.45) is 0 Å². The fourth-order valence-corrected chi connectivity index (χ4v) is 1.83. The molecule has 0 unspecified atom stereocenters. The molecule has 1 aromatic heterocycles. The van der Waals surface area contributed by atoms with Gasteiger partial charge in [-0.25, -0.2) is 13.8 Å². The molecule has 2 N–H and O–H groups in total. The molecule has 90 valence electrons. The third-order valence-corrected chi connectivity index (χ3v) is 2.46. The maximum atomic E-state index is 12.6. The third kappa shape index (κ3) is 2.42. The lowest BCUT2D eigenvalue weighted by atomic mass is 10.0. The van der Waals surface area contributed by atoms with Gasteiger partial charge in [0.1, 0.15) is 11.4 Å². The minimum atomic E-state index is -4.80. The molecule has 8 heteroatoms. The molecule has 0 bridgehead atoms. The van der Waals surface area contributed by atoms with E-state index in [4.69, 9.17) is 5.73 Å². The predicted octanol–water partition coefficient (Wildman–Crippen LogP) is 3.52. The zero-order chi connectivity index (χ0) is 12.5. The zero-order valence-corrected chi connectivity index (χ0v) is 9.24. The molecular formula is C8H6BrF5N2. The molecule has 0 aliphatic heterocycles. The molecule has 1 aromatic rings. The normalized spacial score (nSPS) is 12.2. The smallest absolute Gasteiger partial charge is 0.383 e.